The van der Waals surface area contributed by atoms with Gasteiger partial charge in [0, 0.05) is 48.4 Å². The second-order valence-corrected chi connectivity index (χ2v) is 10.9. The van der Waals surface area contributed by atoms with Gasteiger partial charge in [-0.2, -0.15) is 4.31 Å². The highest BCUT2D eigenvalue weighted by Gasteiger charge is 2.33. The molecule has 1 fully saturated rings. The molecule has 1 aromatic heterocycles. The Morgan fingerprint density at radius 3 is 2.42 bits per heavy atom. The number of fused-ring (bicyclic) bond motifs is 2. The van der Waals surface area contributed by atoms with Crippen LogP contribution in [0.5, 0.6) is 0 Å². The SMILES string of the molecule is CC(c1ccc2c(c1)Nc1ccccc1S2)S(=O)(=O)N1CCN(c2ncccn2)CC1. The number of nitrogens with zero attached hydrogens (tertiary/aromatic N) is 4. The van der Waals surface area contributed by atoms with E-state index in [2.05, 4.69) is 21.4 Å². The third-order valence-corrected chi connectivity index (χ3v) is 9.13. The Morgan fingerprint density at radius 1 is 0.935 bits per heavy atom. The van der Waals surface area contributed by atoms with Crippen molar-refractivity contribution >= 4 is 39.1 Å². The molecule has 5 rings (SSSR count). The van der Waals surface area contributed by atoms with Crippen molar-refractivity contribution in [1.82, 2.24) is 14.3 Å². The lowest BCUT2D eigenvalue weighted by Gasteiger charge is -2.35. The lowest BCUT2D eigenvalue weighted by molar-refractivity contribution is 0.378. The Hall–Kier alpha value is -2.62. The maximum atomic E-state index is 13.3. The quantitative estimate of drug-likeness (QED) is 0.502. The summed E-state index contributed by atoms with van der Waals surface area (Å²) >= 11 is 1.70. The number of rotatable bonds is 4. The van der Waals surface area contributed by atoms with E-state index in [0.29, 0.717) is 32.1 Å². The normalized spacial score (nSPS) is 17.4. The Kier molecular flexibility index (Phi) is 5.33. The molecule has 1 atom stereocenters. The summed E-state index contributed by atoms with van der Waals surface area (Å²) in [7, 11) is -3.48. The number of piperazine rings is 1. The Labute approximate surface area is 186 Å². The zero-order valence-electron chi connectivity index (χ0n) is 17.1. The van der Waals surface area contributed by atoms with Crippen molar-refractivity contribution in [2.24, 2.45) is 0 Å². The summed E-state index contributed by atoms with van der Waals surface area (Å²) in [5, 5.41) is 2.82. The van der Waals surface area contributed by atoms with Gasteiger partial charge in [0.15, 0.2) is 0 Å². The van der Waals surface area contributed by atoms with Gasteiger partial charge >= 0.3 is 0 Å². The molecule has 0 spiro atoms. The fraction of sp³-hybridized carbons (Fsp3) is 0.273. The second kappa shape index (κ2) is 8.14. The van der Waals surface area contributed by atoms with E-state index >= 15 is 0 Å². The van der Waals surface area contributed by atoms with Crippen LogP contribution in [0.1, 0.15) is 17.7 Å². The van der Waals surface area contributed by atoms with Crippen molar-refractivity contribution in [3.8, 4) is 0 Å². The van der Waals surface area contributed by atoms with Crippen molar-refractivity contribution in [3.05, 3.63) is 66.5 Å². The van der Waals surface area contributed by atoms with Crippen LogP contribution in [-0.4, -0.2) is 48.9 Å². The Balaban J connectivity index is 1.32. The molecule has 31 heavy (non-hydrogen) atoms. The van der Waals surface area contributed by atoms with Gasteiger partial charge in [-0.3, -0.25) is 0 Å². The summed E-state index contributed by atoms with van der Waals surface area (Å²) in [5.41, 5.74) is 2.79. The van der Waals surface area contributed by atoms with Crippen molar-refractivity contribution in [2.45, 2.75) is 22.0 Å². The van der Waals surface area contributed by atoms with Gasteiger partial charge in [0.1, 0.15) is 0 Å². The molecule has 0 radical (unpaired) electrons. The molecular weight excluding hydrogens is 430 g/mol. The number of benzene rings is 2. The fourth-order valence-corrected chi connectivity index (χ4v) is 6.48. The molecule has 3 heterocycles. The Morgan fingerprint density at radius 2 is 1.65 bits per heavy atom. The Bertz CT molecular complexity index is 1200. The van der Waals surface area contributed by atoms with Crippen LogP contribution in [0.15, 0.2) is 70.7 Å². The molecule has 0 bridgehead atoms. The molecule has 9 heteroatoms. The van der Waals surface area contributed by atoms with E-state index in [1.165, 1.54) is 4.90 Å². The first-order valence-corrected chi connectivity index (χ1v) is 12.5. The summed E-state index contributed by atoms with van der Waals surface area (Å²) in [6.07, 6.45) is 3.41. The van der Waals surface area contributed by atoms with Gasteiger partial charge in [-0.1, -0.05) is 30.0 Å². The summed E-state index contributed by atoms with van der Waals surface area (Å²) in [6, 6.07) is 15.8. The molecule has 2 aromatic carbocycles. The first-order valence-electron chi connectivity index (χ1n) is 10.2. The maximum Gasteiger partial charge on any atom is 0.225 e. The molecule has 2 aliphatic rings. The molecule has 0 aliphatic carbocycles. The zero-order chi connectivity index (χ0) is 21.4. The monoisotopic (exact) mass is 453 g/mol. The summed E-state index contributed by atoms with van der Waals surface area (Å²) < 4.78 is 28.3. The van der Waals surface area contributed by atoms with Gasteiger partial charge in [-0.25, -0.2) is 18.4 Å². The summed E-state index contributed by atoms with van der Waals surface area (Å²) in [5.74, 6) is 0.645. The molecule has 1 saturated heterocycles. The van der Waals surface area contributed by atoms with Gasteiger partial charge in [-0.05, 0) is 42.8 Å². The van der Waals surface area contributed by atoms with E-state index < -0.39 is 15.3 Å². The predicted octanol–water partition coefficient (Wildman–Crippen LogP) is 3.90. The standard InChI is InChI=1S/C22H23N5O2S2/c1-16(17-7-8-21-19(15-17)25-18-5-2-3-6-20(18)30-21)31(28,29)27-13-11-26(12-14-27)22-23-9-4-10-24-22/h2-10,15-16,25H,11-14H2,1H3. The minimum atomic E-state index is -3.48. The van der Waals surface area contributed by atoms with Crippen LogP contribution < -0.4 is 10.2 Å². The van der Waals surface area contributed by atoms with Crippen LogP contribution >= 0.6 is 11.8 Å². The second-order valence-electron chi connectivity index (χ2n) is 7.60. The smallest absolute Gasteiger partial charge is 0.225 e. The van der Waals surface area contributed by atoms with Gasteiger partial charge < -0.3 is 10.2 Å². The highest BCUT2D eigenvalue weighted by atomic mass is 32.2. The van der Waals surface area contributed by atoms with Crippen molar-refractivity contribution in [3.63, 3.8) is 0 Å². The van der Waals surface area contributed by atoms with Crippen LogP contribution in [0.2, 0.25) is 0 Å². The highest BCUT2D eigenvalue weighted by Crippen LogP contribution is 2.45. The van der Waals surface area contributed by atoms with Crippen LogP contribution in [0, 0.1) is 0 Å². The van der Waals surface area contributed by atoms with Crippen molar-refractivity contribution in [2.75, 3.05) is 36.4 Å². The third kappa shape index (κ3) is 3.88. The molecule has 3 aromatic rings. The highest BCUT2D eigenvalue weighted by molar-refractivity contribution is 7.99. The topological polar surface area (TPSA) is 78.4 Å². The fourth-order valence-electron chi connectivity index (χ4n) is 3.90. The minimum Gasteiger partial charge on any atom is -0.354 e. The molecular formula is C22H23N5O2S2. The lowest BCUT2D eigenvalue weighted by atomic mass is 10.1. The minimum absolute atomic E-state index is 0.428. The third-order valence-electron chi connectivity index (χ3n) is 5.73. The first-order chi connectivity index (χ1) is 15.0. The van der Waals surface area contributed by atoms with E-state index in [9.17, 15) is 8.42 Å². The number of anilines is 3. The number of aromatic nitrogens is 2. The maximum absolute atomic E-state index is 13.3. The molecule has 0 amide bonds. The predicted molar refractivity (Wildman–Crippen MR) is 123 cm³/mol. The van der Waals surface area contributed by atoms with Gasteiger partial charge in [0.2, 0.25) is 16.0 Å². The molecule has 7 nitrogen and oxygen atoms in total. The van der Waals surface area contributed by atoms with Crippen LogP contribution in [0.4, 0.5) is 17.3 Å². The molecule has 160 valence electrons. The summed E-state index contributed by atoms with van der Waals surface area (Å²) in [4.78, 5) is 12.8. The number of hydrogen-bond acceptors (Lipinski definition) is 7. The molecule has 0 saturated carbocycles. The first kappa shape index (κ1) is 20.3. The largest absolute Gasteiger partial charge is 0.354 e. The zero-order valence-corrected chi connectivity index (χ0v) is 18.7. The summed E-state index contributed by atoms with van der Waals surface area (Å²) in [6.45, 7) is 3.78. The average molecular weight is 454 g/mol. The van der Waals surface area contributed by atoms with Gasteiger partial charge in [0.25, 0.3) is 0 Å². The molecule has 2 aliphatic heterocycles. The molecule has 1 unspecified atom stereocenters. The van der Waals surface area contributed by atoms with Crippen molar-refractivity contribution < 1.29 is 8.42 Å². The van der Waals surface area contributed by atoms with Crippen LogP contribution in [0.3, 0.4) is 0 Å². The number of sulfonamides is 1. The number of para-hydroxylation sites is 1. The van der Waals surface area contributed by atoms with Crippen LogP contribution in [0.25, 0.3) is 0 Å². The van der Waals surface area contributed by atoms with Gasteiger partial charge in [-0.15, -0.1) is 0 Å². The lowest BCUT2D eigenvalue weighted by Crippen LogP contribution is -2.50. The molecule has 1 N–H and O–H groups in total. The van der Waals surface area contributed by atoms with E-state index in [-0.39, 0.29) is 0 Å². The van der Waals surface area contributed by atoms with E-state index in [4.69, 9.17) is 0 Å². The number of hydrogen-bond donors (Lipinski definition) is 1. The number of nitrogens with one attached hydrogen (secondary N) is 1. The van der Waals surface area contributed by atoms with Crippen LogP contribution in [-0.2, 0) is 10.0 Å². The van der Waals surface area contributed by atoms with E-state index in [1.807, 2.05) is 41.3 Å². The van der Waals surface area contributed by atoms with E-state index in [1.54, 1.807) is 41.5 Å². The van der Waals surface area contributed by atoms with Crippen molar-refractivity contribution in [1.29, 1.82) is 0 Å². The van der Waals surface area contributed by atoms with Gasteiger partial charge in [0.05, 0.1) is 16.6 Å². The average Bonchev–Trinajstić information content (AvgIpc) is 2.82. The van der Waals surface area contributed by atoms with E-state index in [0.717, 1.165) is 21.8 Å².